The molecule has 0 spiro atoms. The molecule has 3 N–H and O–H groups in total. The molecule has 0 radical (unpaired) electrons. The second-order valence-electron chi connectivity index (χ2n) is 8.73. The molecular formula is C25H28FN7O3. The van der Waals surface area contributed by atoms with E-state index in [0.29, 0.717) is 17.8 Å². The van der Waals surface area contributed by atoms with Gasteiger partial charge in [-0.15, -0.1) is 0 Å². The third-order valence-corrected chi connectivity index (χ3v) is 6.35. The lowest BCUT2D eigenvalue weighted by Gasteiger charge is -2.45. The lowest BCUT2D eigenvalue weighted by atomic mass is 9.81. The molecular weight excluding hydrogens is 465 g/mol. The molecule has 0 unspecified atom stereocenters. The minimum atomic E-state index is -1.07. The lowest BCUT2D eigenvalue weighted by Crippen LogP contribution is -2.70. The van der Waals surface area contributed by atoms with Gasteiger partial charge in [-0.2, -0.15) is 5.10 Å². The van der Waals surface area contributed by atoms with Gasteiger partial charge in [0, 0.05) is 38.1 Å². The minimum Gasteiger partial charge on any atom is -0.384 e. The summed E-state index contributed by atoms with van der Waals surface area (Å²) in [6.45, 7) is 1.80. The molecule has 3 heterocycles. The van der Waals surface area contributed by atoms with Crippen molar-refractivity contribution in [1.82, 2.24) is 25.0 Å². The van der Waals surface area contributed by atoms with E-state index in [0.717, 1.165) is 10.5 Å². The van der Waals surface area contributed by atoms with E-state index < -0.39 is 41.7 Å². The summed E-state index contributed by atoms with van der Waals surface area (Å²) in [6, 6.07) is 8.62. The van der Waals surface area contributed by atoms with Crippen molar-refractivity contribution in [2.24, 2.45) is 13.0 Å². The van der Waals surface area contributed by atoms with E-state index >= 15 is 0 Å². The fraction of sp³-hybridized carbons (Fsp3) is 0.320. The van der Waals surface area contributed by atoms with Crippen LogP contribution >= 0.6 is 0 Å². The summed E-state index contributed by atoms with van der Waals surface area (Å²) in [6.07, 6.45) is 3.80. The van der Waals surface area contributed by atoms with Gasteiger partial charge in [-0.3, -0.25) is 24.1 Å². The van der Waals surface area contributed by atoms with Gasteiger partial charge in [0.05, 0.1) is 12.0 Å². The molecule has 3 aromatic rings. The van der Waals surface area contributed by atoms with E-state index in [1.54, 1.807) is 68.3 Å². The van der Waals surface area contributed by atoms with Gasteiger partial charge >= 0.3 is 6.03 Å². The maximum absolute atomic E-state index is 14.4. The number of benzene rings is 1. The second kappa shape index (κ2) is 10.1. The fourth-order valence-electron chi connectivity index (χ4n) is 4.40. The number of aromatic nitrogens is 3. The Kier molecular flexibility index (Phi) is 7.00. The number of nitrogens with two attached hydrogens (primary N) is 1. The van der Waals surface area contributed by atoms with Crippen LogP contribution in [-0.4, -0.2) is 50.6 Å². The number of urea groups is 1. The molecule has 4 rings (SSSR count). The molecule has 10 nitrogen and oxygen atoms in total. The van der Waals surface area contributed by atoms with Gasteiger partial charge in [0.2, 0.25) is 5.91 Å². The topological polar surface area (TPSA) is 126 Å². The average molecular weight is 494 g/mol. The predicted octanol–water partition coefficient (Wildman–Crippen LogP) is 2.43. The second-order valence-corrected chi connectivity index (χ2v) is 8.73. The third kappa shape index (κ3) is 4.77. The largest absolute Gasteiger partial charge is 0.384 e. The zero-order valence-electron chi connectivity index (χ0n) is 20.3. The van der Waals surface area contributed by atoms with Crippen LogP contribution in [0.1, 0.15) is 30.5 Å². The first-order chi connectivity index (χ1) is 17.2. The number of nitrogens with one attached hydrogen (secondary N) is 1. The Morgan fingerprint density at radius 1 is 1.25 bits per heavy atom. The van der Waals surface area contributed by atoms with Gasteiger partial charge in [-0.25, -0.2) is 14.2 Å². The van der Waals surface area contributed by atoms with Crippen molar-refractivity contribution in [2.75, 3.05) is 17.7 Å². The van der Waals surface area contributed by atoms with Crippen LogP contribution in [0.25, 0.3) is 0 Å². The Bertz CT molecular complexity index is 1290. The van der Waals surface area contributed by atoms with Crippen LogP contribution in [0.15, 0.2) is 54.9 Å². The summed E-state index contributed by atoms with van der Waals surface area (Å²) in [5.74, 6) is -1.54. The van der Waals surface area contributed by atoms with Gasteiger partial charge in [0.1, 0.15) is 17.7 Å². The van der Waals surface area contributed by atoms with Crippen LogP contribution in [0, 0.1) is 11.7 Å². The molecule has 3 atom stereocenters. The van der Waals surface area contributed by atoms with E-state index in [1.165, 1.54) is 17.2 Å². The number of likely N-dealkylation sites (tertiary alicyclic amines) is 1. The Morgan fingerprint density at radius 3 is 2.64 bits per heavy atom. The number of nitrogen functional groups attached to an aromatic ring is 1. The molecule has 36 heavy (non-hydrogen) atoms. The van der Waals surface area contributed by atoms with Crippen LogP contribution < -0.4 is 16.0 Å². The molecule has 1 aromatic carbocycles. The van der Waals surface area contributed by atoms with E-state index in [-0.39, 0.29) is 12.2 Å². The summed E-state index contributed by atoms with van der Waals surface area (Å²) < 4.78 is 15.9. The number of anilines is 2. The standard InChI is InChI=1S/C25H28FN7O3/c1-4-19(16-7-5-6-8-18(16)26)29-25(36)33-22(24(35)32(3)21-10-12-31(2)30-21)17(23(33)34)13-15-9-11-28-20(27)14-15/h5-12,14,17,19,22H,4,13H2,1-3H3,(H2,27,28)(H,29,36)/t17-,19-,22+/m1/s1. The molecule has 1 fully saturated rings. The summed E-state index contributed by atoms with van der Waals surface area (Å²) in [4.78, 5) is 46.2. The number of amides is 4. The molecule has 0 aliphatic carbocycles. The van der Waals surface area contributed by atoms with Crippen molar-refractivity contribution in [1.29, 1.82) is 0 Å². The smallest absolute Gasteiger partial charge is 0.325 e. The van der Waals surface area contributed by atoms with Crippen molar-refractivity contribution in [3.05, 3.63) is 71.8 Å². The number of nitrogens with zero attached hydrogens (tertiary/aromatic N) is 5. The summed E-state index contributed by atoms with van der Waals surface area (Å²) in [5.41, 5.74) is 6.80. The SMILES string of the molecule is CC[C@@H](NC(=O)N1C(=O)[C@H](Cc2ccnc(N)c2)[C@H]1C(=O)N(C)c1ccn(C)n1)c1ccccc1F. The monoisotopic (exact) mass is 493 g/mol. The Morgan fingerprint density at radius 2 is 2.00 bits per heavy atom. The Balaban J connectivity index is 1.61. The molecule has 0 saturated carbocycles. The number of β-lactam (4-membered cyclic amide) rings is 1. The number of hydrogen-bond acceptors (Lipinski definition) is 6. The highest BCUT2D eigenvalue weighted by atomic mass is 19.1. The van der Waals surface area contributed by atoms with Crippen molar-refractivity contribution in [3.8, 4) is 0 Å². The van der Waals surface area contributed by atoms with Crippen LogP contribution in [0.5, 0.6) is 0 Å². The number of halogens is 1. The summed E-state index contributed by atoms with van der Waals surface area (Å²) in [7, 11) is 3.26. The van der Waals surface area contributed by atoms with Gasteiger partial charge in [0.25, 0.3) is 5.91 Å². The maximum atomic E-state index is 14.4. The summed E-state index contributed by atoms with van der Waals surface area (Å²) >= 11 is 0. The Labute approximate surface area is 207 Å². The number of hydrogen-bond donors (Lipinski definition) is 2. The number of imide groups is 1. The van der Waals surface area contributed by atoms with Gasteiger partial charge in [0.15, 0.2) is 5.82 Å². The normalized spacial score (nSPS) is 17.9. The van der Waals surface area contributed by atoms with Crippen LogP contribution in [0.4, 0.5) is 20.8 Å². The highest BCUT2D eigenvalue weighted by Gasteiger charge is 2.55. The van der Waals surface area contributed by atoms with Crippen molar-refractivity contribution < 1.29 is 18.8 Å². The van der Waals surface area contributed by atoms with Crippen LogP contribution in [0.3, 0.4) is 0 Å². The zero-order valence-corrected chi connectivity index (χ0v) is 20.3. The highest BCUT2D eigenvalue weighted by Crippen LogP contribution is 2.33. The van der Waals surface area contributed by atoms with Crippen LogP contribution in [-0.2, 0) is 23.1 Å². The van der Waals surface area contributed by atoms with E-state index in [4.69, 9.17) is 5.73 Å². The van der Waals surface area contributed by atoms with Crippen LogP contribution in [0.2, 0.25) is 0 Å². The quantitative estimate of drug-likeness (QED) is 0.487. The van der Waals surface area contributed by atoms with E-state index in [1.807, 2.05) is 0 Å². The summed E-state index contributed by atoms with van der Waals surface area (Å²) in [5, 5.41) is 6.97. The predicted molar refractivity (Wildman–Crippen MR) is 131 cm³/mol. The molecule has 188 valence electrons. The first kappa shape index (κ1) is 24.8. The molecule has 1 aliphatic rings. The first-order valence-corrected chi connectivity index (χ1v) is 11.6. The lowest BCUT2D eigenvalue weighted by molar-refractivity contribution is -0.156. The van der Waals surface area contributed by atoms with Gasteiger partial charge < -0.3 is 11.1 Å². The van der Waals surface area contributed by atoms with Crippen molar-refractivity contribution in [2.45, 2.75) is 31.8 Å². The number of likely N-dealkylation sites (N-methyl/N-ethyl adjacent to an activating group) is 1. The van der Waals surface area contributed by atoms with E-state index in [2.05, 4.69) is 15.4 Å². The average Bonchev–Trinajstić information content (AvgIpc) is 3.30. The molecule has 11 heteroatoms. The minimum absolute atomic E-state index is 0.201. The first-order valence-electron chi connectivity index (χ1n) is 11.6. The van der Waals surface area contributed by atoms with Gasteiger partial charge in [-0.1, -0.05) is 25.1 Å². The number of aryl methyl sites for hydroxylation is 1. The number of carbonyl (C=O) groups is 3. The molecule has 2 aromatic heterocycles. The van der Waals surface area contributed by atoms with E-state index in [9.17, 15) is 18.8 Å². The molecule has 1 saturated heterocycles. The third-order valence-electron chi connectivity index (χ3n) is 6.35. The zero-order chi connectivity index (χ0) is 26.0. The molecule has 4 amide bonds. The number of carbonyl (C=O) groups excluding carboxylic acids is 3. The highest BCUT2D eigenvalue weighted by molar-refractivity contribution is 6.12. The molecule has 1 aliphatic heterocycles. The number of pyridine rings is 1. The van der Waals surface area contributed by atoms with Crippen molar-refractivity contribution in [3.63, 3.8) is 0 Å². The van der Waals surface area contributed by atoms with Gasteiger partial charge in [-0.05, 0) is 36.6 Å². The maximum Gasteiger partial charge on any atom is 0.325 e. The molecule has 0 bridgehead atoms. The fourth-order valence-corrected chi connectivity index (χ4v) is 4.40. The Hall–Kier alpha value is -4.28. The number of rotatable bonds is 7. The van der Waals surface area contributed by atoms with Crippen molar-refractivity contribution >= 4 is 29.5 Å².